The molecule has 5 heteroatoms. The Balaban J connectivity index is 1.83. The Bertz CT molecular complexity index is 576. The van der Waals surface area contributed by atoms with Gasteiger partial charge in [0.25, 0.3) is 5.91 Å². The Morgan fingerprint density at radius 2 is 1.95 bits per heavy atom. The van der Waals surface area contributed by atoms with E-state index in [-0.39, 0.29) is 6.04 Å². The van der Waals surface area contributed by atoms with Crippen molar-refractivity contribution in [2.24, 2.45) is 17.6 Å². The molecule has 3 rings (SSSR count). The zero-order valence-corrected chi connectivity index (χ0v) is 12.1. The first-order chi connectivity index (χ1) is 9.97. The molecule has 0 bridgehead atoms. The highest BCUT2D eigenvalue weighted by molar-refractivity contribution is 5.95. The second-order valence-corrected chi connectivity index (χ2v) is 6.36. The molecule has 3 nitrogen and oxygen atoms in total. The highest BCUT2D eigenvalue weighted by Gasteiger charge is 2.39. The van der Waals surface area contributed by atoms with Gasteiger partial charge in [-0.3, -0.25) is 4.79 Å². The highest BCUT2D eigenvalue weighted by Crippen LogP contribution is 2.36. The van der Waals surface area contributed by atoms with Crippen LogP contribution in [-0.2, 0) is 0 Å². The Labute approximate surface area is 123 Å². The third-order valence-electron chi connectivity index (χ3n) is 4.88. The molecule has 21 heavy (non-hydrogen) atoms. The van der Waals surface area contributed by atoms with E-state index >= 15 is 0 Å². The SMILES string of the molecule is Cc1ccc(F)c(C(=O)N2C[C@H]3CCC(N)C[C@H]3C2)c1F. The minimum atomic E-state index is -0.783. The van der Waals surface area contributed by atoms with Gasteiger partial charge in [-0.05, 0) is 49.7 Å². The molecule has 0 radical (unpaired) electrons. The number of nitrogens with zero attached hydrogens (tertiary/aromatic N) is 1. The number of carbonyl (C=O) groups excluding carboxylic acids is 1. The van der Waals surface area contributed by atoms with Gasteiger partial charge in [-0.15, -0.1) is 0 Å². The number of likely N-dealkylation sites (tertiary alicyclic amines) is 1. The molecular weight excluding hydrogens is 274 g/mol. The third-order valence-corrected chi connectivity index (χ3v) is 4.88. The largest absolute Gasteiger partial charge is 0.338 e. The zero-order valence-electron chi connectivity index (χ0n) is 12.1. The van der Waals surface area contributed by atoms with E-state index in [0.29, 0.717) is 30.5 Å². The van der Waals surface area contributed by atoms with Gasteiger partial charge in [-0.1, -0.05) is 6.07 Å². The summed E-state index contributed by atoms with van der Waals surface area (Å²) in [5, 5.41) is 0. The monoisotopic (exact) mass is 294 g/mol. The number of aryl methyl sites for hydroxylation is 1. The van der Waals surface area contributed by atoms with Crippen LogP contribution in [-0.4, -0.2) is 29.9 Å². The molecule has 1 aliphatic heterocycles. The summed E-state index contributed by atoms with van der Waals surface area (Å²) in [7, 11) is 0. The molecule has 2 fully saturated rings. The molecule has 1 amide bonds. The number of halogens is 2. The maximum atomic E-state index is 14.1. The van der Waals surface area contributed by atoms with Crippen LogP contribution < -0.4 is 5.73 Å². The lowest BCUT2D eigenvalue weighted by atomic mass is 9.79. The van der Waals surface area contributed by atoms with Crippen LogP contribution in [0.15, 0.2) is 12.1 Å². The lowest BCUT2D eigenvalue weighted by Gasteiger charge is -2.27. The van der Waals surface area contributed by atoms with Crippen molar-refractivity contribution >= 4 is 5.91 Å². The number of rotatable bonds is 1. The fourth-order valence-corrected chi connectivity index (χ4v) is 3.64. The molecule has 1 saturated heterocycles. The van der Waals surface area contributed by atoms with Crippen molar-refractivity contribution in [1.29, 1.82) is 0 Å². The minimum Gasteiger partial charge on any atom is -0.338 e. The fourth-order valence-electron chi connectivity index (χ4n) is 3.64. The van der Waals surface area contributed by atoms with E-state index in [4.69, 9.17) is 5.73 Å². The van der Waals surface area contributed by atoms with Gasteiger partial charge in [-0.2, -0.15) is 0 Å². The molecule has 3 atom stereocenters. The van der Waals surface area contributed by atoms with Gasteiger partial charge >= 0.3 is 0 Å². The average molecular weight is 294 g/mol. The first-order valence-electron chi connectivity index (χ1n) is 7.46. The highest BCUT2D eigenvalue weighted by atomic mass is 19.1. The lowest BCUT2D eigenvalue weighted by Crippen LogP contribution is -2.32. The van der Waals surface area contributed by atoms with Gasteiger partial charge in [0.2, 0.25) is 0 Å². The van der Waals surface area contributed by atoms with Crippen LogP contribution in [0.2, 0.25) is 0 Å². The average Bonchev–Trinajstić information content (AvgIpc) is 2.86. The normalized spacial score (nSPS) is 28.6. The smallest absolute Gasteiger partial charge is 0.259 e. The Morgan fingerprint density at radius 1 is 1.24 bits per heavy atom. The van der Waals surface area contributed by atoms with Crippen molar-refractivity contribution in [3.8, 4) is 0 Å². The molecule has 1 heterocycles. The van der Waals surface area contributed by atoms with Crippen LogP contribution in [0, 0.1) is 30.4 Å². The molecule has 1 unspecified atom stereocenters. The van der Waals surface area contributed by atoms with Crippen molar-refractivity contribution in [2.45, 2.75) is 32.2 Å². The van der Waals surface area contributed by atoms with Crippen LogP contribution in [0.4, 0.5) is 8.78 Å². The summed E-state index contributed by atoms with van der Waals surface area (Å²) in [5.74, 6) is -1.27. The lowest BCUT2D eigenvalue weighted by molar-refractivity contribution is 0.0774. The predicted octanol–water partition coefficient (Wildman–Crippen LogP) is 2.47. The maximum absolute atomic E-state index is 14.1. The second kappa shape index (κ2) is 5.37. The zero-order chi connectivity index (χ0) is 15.1. The minimum absolute atomic E-state index is 0.189. The van der Waals surface area contributed by atoms with Gasteiger partial charge < -0.3 is 10.6 Å². The van der Waals surface area contributed by atoms with Crippen molar-refractivity contribution in [3.05, 3.63) is 34.9 Å². The Kier molecular flexibility index (Phi) is 3.69. The number of hydrogen-bond acceptors (Lipinski definition) is 2. The van der Waals surface area contributed by atoms with Crippen LogP contribution >= 0.6 is 0 Å². The van der Waals surface area contributed by atoms with Crippen LogP contribution in [0.5, 0.6) is 0 Å². The maximum Gasteiger partial charge on any atom is 0.259 e. The first-order valence-corrected chi connectivity index (χ1v) is 7.46. The first kappa shape index (κ1) is 14.4. The van der Waals surface area contributed by atoms with Crippen molar-refractivity contribution < 1.29 is 13.6 Å². The summed E-state index contributed by atoms with van der Waals surface area (Å²) in [6.45, 7) is 2.68. The molecule has 2 aliphatic rings. The predicted molar refractivity (Wildman–Crippen MR) is 75.8 cm³/mol. The third kappa shape index (κ3) is 2.55. The number of fused-ring (bicyclic) bond motifs is 1. The second-order valence-electron chi connectivity index (χ2n) is 6.36. The quantitative estimate of drug-likeness (QED) is 0.865. The van der Waals surface area contributed by atoms with Crippen LogP contribution in [0.3, 0.4) is 0 Å². The van der Waals surface area contributed by atoms with Crippen LogP contribution in [0.1, 0.15) is 35.2 Å². The van der Waals surface area contributed by atoms with E-state index in [1.807, 2.05) is 0 Å². The molecule has 114 valence electrons. The van der Waals surface area contributed by atoms with Crippen molar-refractivity contribution in [1.82, 2.24) is 4.90 Å². The van der Waals surface area contributed by atoms with Crippen molar-refractivity contribution in [2.75, 3.05) is 13.1 Å². The van der Waals surface area contributed by atoms with E-state index in [2.05, 4.69) is 0 Å². The topological polar surface area (TPSA) is 46.3 Å². The van der Waals surface area contributed by atoms with E-state index in [0.717, 1.165) is 25.3 Å². The molecule has 2 N–H and O–H groups in total. The summed E-state index contributed by atoms with van der Waals surface area (Å²) >= 11 is 0. The molecule has 0 aromatic heterocycles. The summed E-state index contributed by atoms with van der Waals surface area (Å²) in [6.07, 6.45) is 2.86. The van der Waals surface area contributed by atoms with Crippen molar-refractivity contribution in [3.63, 3.8) is 0 Å². The molecule has 1 saturated carbocycles. The van der Waals surface area contributed by atoms with Gasteiger partial charge in [0.15, 0.2) is 0 Å². The number of carbonyl (C=O) groups is 1. The van der Waals surface area contributed by atoms with E-state index in [1.54, 1.807) is 4.90 Å². The number of amides is 1. The molecule has 1 aromatic carbocycles. The van der Waals surface area contributed by atoms with E-state index in [1.165, 1.54) is 13.0 Å². The Morgan fingerprint density at radius 3 is 2.71 bits per heavy atom. The number of nitrogens with two attached hydrogens (primary N) is 1. The van der Waals surface area contributed by atoms with E-state index in [9.17, 15) is 13.6 Å². The van der Waals surface area contributed by atoms with Crippen LogP contribution in [0.25, 0.3) is 0 Å². The molecule has 1 aromatic rings. The fraction of sp³-hybridized carbons (Fsp3) is 0.562. The standard InChI is InChI=1S/C16H20F2N2O/c1-9-2-5-13(17)14(15(9)18)16(21)20-7-10-3-4-12(19)6-11(10)8-20/h2,5,10-12H,3-4,6-8,19H2,1H3/t10-,11+,12?/m1/s1. The summed E-state index contributed by atoms with van der Waals surface area (Å²) in [4.78, 5) is 14.1. The van der Waals surface area contributed by atoms with Gasteiger partial charge in [0.05, 0.1) is 0 Å². The van der Waals surface area contributed by atoms with Gasteiger partial charge in [0.1, 0.15) is 17.2 Å². The molecular formula is C16H20F2N2O. The van der Waals surface area contributed by atoms with E-state index < -0.39 is 23.1 Å². The molecule has 1 aliphatic carbocycles. The summed E-state index contributed by atoms with van der Waals surface area (Å²) < 4.78 is 28.0. The number of hydrogen-bond donors (Lipinski definition) is 1. The molecule has 0 spiro atoms. The van der Waals surface area contributed by atoms with Gasteiger partial charge in [0, 0.05) is 19.1 Å². The Hall–Kier alpha value is -1.49. The van der Waals surface area contributed by atoms with Gasteiger partial charge in [-0.25, -0.2) is 8.78 Å². The number of benzene rings is 1. The summed E-state index contributed by atoms with van der Waals surface area (Å²) in [5.41, 5.74) is 5.84. The summed E-state index contributed by atoms with van der Waals surface area (Å²) in [6, 6.07) is 2.70.